The molecule has 0 aliphatic carbocycles. The van der Waals surface area contributed by atoms with E-state index in [4.69, 9.17) is 16.3 Å². The van der Waals surface area contributed by atoms with Gasteiger partial charge in [-0.05, 0) is 55.1 Å². The molecule has 1 heterocycles. The molecule has 1 amide bonds. The van der Waals surface area contributed by atoms with Crippen LogP contribution in [0.15, 0.2) is 48.5 Å². The number of carbonyl (C=O) groups excluding carboxylic acids is 1. The molecule has 0 aromatic heterocycles. The molecule has 1 saturated heterocycles. The molecule has 1 aliphatic rings. The van der Waals surface area contributed by atoms with E-state index < -0.39 is 6.10 Å². The highest BCUT2D eigenvalue weighted by Gasteiger charge is 2.24. The van der Waals surface area contributed by atoms with Crippen LogP contribution in [0.3, 0.4) is 0 Å². The molecule has 2 aromatic carbocycles. The van der Waals surface area contributed by atoms with Crippen LogP contribution in [-0.2, 0) is 11.2 Å². The van der Waals surface area contributed by atoms with Crippen molar-refractivity contribution in [2.75, 3.05) is 31.6 Å². The summed E-state index contributed by atoms with van der Waals surface area (Å²) in [4.78, 5) is 13.6. The molecule has 2 N–H and O–H groups in total. The van der Waals surface area contributed by atoms with Crippen LogP contribution in [0.1, 0.15) is 18.9 Å². The fourth-order valence-electron chi connectivity index (χ4n) is 3.62. The molecule has 28 heavy (non-hydrogen) atoms. The molecule has 0 saturated carbocycles. The van der Waals surface area contributed by atoms with Crippen LogP contribution in [0, 0.1) is 5.92 Å². The number of rotatable bonds is 8. The monoisotopic (exact) mass is 402 g/mol. The molecular formula is C22H27ClN2O3. The minimum Gasteiger partial charge on any atom is -0.489 e. The highest BCUT2D eigenvalue weighted by molar-refractivity contribution is 6.30. The summed E-state index contributed by atoms with van der Waals surface area (Å²) in [5.74, 6) is 1.01. The third-order valence-corrected chi connectivity index (χ3v) is 5.16. The molecule has 0 bridgehead atoms. The largest absolute Gasteiger partial charge is 0.489 e. The van der Waals surface area contributed by atoms with Gasteiger partial charge in [0.25, 0.3) is 0 Å². The number of hydrogen-bond donors (Lipinski definition) is 2. The number of aliphatic hydroxyl groups is 1. The first-order valence-electron chi connectivity index (χ1n) is 9.64. The molecule has 0 radical (unpaired) electrons. The molecule has 150 valence electrons. The Labute approximate surface area is 171 Å². The summed E-state index contributed by atoms with van der Waals surface area (Å²) < 4.78 is 5.74. The minimum absolute atomic E-state index is 0.152. The molecule has 1 fully saturated rings. The summed E-state index contributed by atoms with van der Waals surface area (Å²) in [6, 6.07) is 15.3. The van der Waals surface area contributed by atoms with Crippen molar-refractivity contribution in [2.24, 2.45) is 5.92 Å². The Morgan fingerprint density at radius 3 is 2.79 bits per heavy atom. The smallest absolute Gasteiger partial charge is 0.221 e. The van der Waals surface area contributed by atoms with Crippen molar-refractivity contribution in [3.63, 3.8) is 0 Å². The van der Waals surface area contributed by atoms with Crippen LogP contribution >= 0.6 is 11.6 Å². The van der Waals surface area contributed by atoms with Gasteiger partial charge in [0.15, 0.2) is 0 Å². The van der Waals surface area contributed by atoms with Crippen molar-refractivity contribution in [3.05, 3.63) is 59.1 Å². The van der Waals surface area contributed by atoms with E-state index in [2.05, 4.69) is 22.3 Å². The van der Waals surface area contributed by atoms with Crippen molar-refractivity contribution >= 4 is 23.2 Å². The number of hydrogen-bond acceptors (Lipinski definition) is 4. The Hall–Kier alpha value is -2.08. The first kappa shape index (κ1) is 20.6. The van der Waals surface area contributed by atoms with Gasteiger partial charge in [-0.1, -0.05) is 35.9 Å². The van der Waals surface area contributed by atoms with E-state index in [9.17, 15) is 9.90 Å². The minimum atomic E-state index is -0.584. The molecule has 6 heteroatoms. The lowest BCUT2D eigenvalue weighted by molar-refractivity contribution is -0.114. The van der Waals surface area contributed by atoms with Crippen LogP contribution < -0.4 is 10.1 Å². The van der Waals surface area contributed by atoms with Crippen molar-refractivity contribution in [1.29, 1.82) is 0 Å². The topological polar surface area (TPSA) is 61.8 Å². The van der Waals surface area contributed by atoms with Gasteiger partial charge in [0, 0.05) is 25.0 Å². The maximum Gasteiger partial charge on any atom is 0.221 e. The van der Waals surface area contributed by atoms with Gasteiger partial charge < -0.3 is 20.1 Å². The average Bonchev–Trinajstić information content (AvgIpc) is 3.09. The summed E-state index contributed by atoms with van der Waals surface area (Å²) in [7, 11) is 0. The van der Waals surface area contributed by atoms with Gasteiger partial charge >= 0.3 is 0 Å². The number of likely N-dealkylation sites (tertiary alicyclic amines) is 1. The predicted octanol–water partition coefficient (Wildman–Crippen LogP) is 3.60. The molecular weight excluding hydrogens is 376 g/mol. The SMILES string of the molecule is CC(=O)Nc1ccccc1OC[C@@H](O)CN1CC[C@@H](Cc2ccc(Cl)cc2)C1. The summed E-state index contributed by atoms with van der Waals surface area (Å²) in [6.45, 7) is 4.19. The maximum atomic E-state index is 11.3. The molecule has 1 aliphatic heterocycles. The normalized spacial score (nSPS) is 18.0. The molecule has 2 aromatic rings. The predicted molar refractivity (Wildman–Crippen MR) is 112 cm³/mol. The second-order valence-corrected chi connectivity index (χ2v) is 7.82. The highest BCUT2D eigenvalue weighted by Crippen LogP contribution is 2.25. The number of aliphatic hydroxyl groups excluding tert-OH is 1. The number of carbonyl (C=O) groups is 1. The van der Waals surface area contributed by atoms with E-state index in [0.717, 1.165) is 31.0 Å². The van der Waals surface area contributed by atoms with Gasteiger partial charge in [-0.3, -0.25) is 4.79 Å². The lowest BCUT2D eigenvalue weighted by atomic mass is 9.99. The molecule has 5 nitrogen and oxygen atoms in total. The molecule has 2 atom stereocenters. The number of nitrogens with zero attached hydrogens (tertiary/aromatic N) is 1. The lowest BCUT2D eigenvalue weighted by Gasteiger charge is -2.21. The number of halogens is 1. The number of amides is 1. The highest BCUT2D eigenvalue weighted by atomic mass is 35.5. The van der Waals surface area contributed by atoms with E-state index in [1.807, 2.05) is 24.3 Å². The van der Waals surface area contributed by atoms with Gasteiger partial charge in [0.1, 0.15) is 18.5 Å². The number of para-hydroxylation sites is 2. The maximum absolute atomic E-state index is 11.3. The Bertz CT molecular complexity index is 782. The van der Waals surface area contributed by atoms with E-state index >= 15 is 0 Å². The van der Waals surface area contributed by atoms with Gasteiger partial charge in [-0.2, -0.15) is 0 Å². The van der Waals surface area contributed by atoms with Crippen LogP contribution in [0.2, 0.25) is 5.02 Å². The van der Waals surface area contributed by atoms with E-state index in [1.165, 1.54) is 12.5 Å². The zero-order valence-corrected chi connectivity index (χ0v) is 16.9. The van der Waals surface area contributed by atoms with Crippen LogP contribution in [-0.4, -0.2) is 48.3 Å². The zero-order valence-electron chi connectivity index (χ0n) is 16.1. The van der Waals surface area contributed by atoms with E-state index in [1.54, 1.807) is 12.1 Å². The quantitative estimate of drug-likeness (QED) is 0.708. The number of β-amino-alcohol motifs (C(OH)–C–C–N with tert-alkyl or cyclic N) is 1. The van der Waals surface area contributed by atoms with Gasteiger partial charge in [0.05, 0.1) is 5.69 Å². The Morgan fingerprint density at radius 2 is 2.04 bits per heavy atom. The molecule has 0 spiro atoms. The van der Waals surface area contributed by atoms with E-state index in [0.29, 0.717) is 23.9 Å². The van der Waals surface area contributed by atoms with Gasteiger partial charge in [-0.15, -0.1) is 0 Å². The summed E-state index contributed by atoms with van der Waals surface area (Å²) in [5.41, 5.74) is 1.92. The van der Waals surface area contributed by atoms with Crippen LogP contribution in [0.5, 0.6) is 5.75 Å². The summed E-state index contributed by atoms with van der Waals surface area (Å²) >= 11 is 5.95. The Kier molecular flexibility index (Phi) is 7.31. The number of ether oxygens (including phenoxy) is 1. The summed E-state index contributed by atoms with van der Waals surface area (Å²) in [5, 5.41) is 13.9. The van der Waals surface area contributed by atoms with E-state index in [-0.39, 0.29) is 12.5 Å². The third-order valence-electron chi connectivity index (χ3n) is 4.91. The fourth-order valence-corrected chi connectivity index (χ4v) is 3.75. The van der Waals surface area contributed by atoms with Crippen LogP contribution in [0.25, 0.3) is 0 Å². The third kappa shape index (κ3) is 6.23. The molecule has 0 unspecified atom stereocenters. The number of benzene rings is 2. The Morgan fingerprint density at radius 1 is 1.29 bits per heavy atom. The summed E-state index contributed by atoms with van der Waals surface area (Å²) in [6.07, 6.45) is 1.58. The van der Waals surface area contributed by atoms with Gasteiger partial charge in [-0.25, -0.2) is 0 Å². The van der Waals surface area contributed by atoms with Gasteiger partial charge in [0.2, 0.25) is 5.91 Å². The average molecular weight is 403 g/mol. The fraction of sp³-hybridized carbons (Fsp3) is 0.409. The van der Waals surface area contributed by atoms with Crippen molar-refractivity contribution in [3.8, 4) is 5.75 Å². The van der Waals surface area contributed by atoms with Crippen molar-refractivity contribution in [2.45, 2.75) is 25.9 Å². The number of anilines is 1. The molecule has 3 rings (SSSR count). The van der Waals surface area contributed by atoms with Crippen molar-refractivity contribution in [1.82, 2.24) is 4.90 Å². The first-order valence-corrected chi connectivity index (χ1v) is 10.0. The van der Waals surface area contributed by atoms with Crippen molar-refractivity contribution < 1.29 is 14.6 Å². The lowest BCUT2D eigenvalue weighted by Crippen LogP contribution is -2.34. The number of nitrogens with one attached hydrogen (secondary N) is 1. The second-order valence-electron chi connectivity index (χ2n) is 7.39. The zero-order chi connectivity index (χ0) is 19.9. The standard InChI is InChI=1S/C22H27ClN2O3/c1-16(26)24-21-4-2-3-5-22(21)28-15-20(27)14-25-11-10-18(13-25)12-17-6-8-19(23)9-7-17/h2-9,18,20,27H,10-15H2,1H3,(H,24,26)/t18-,20-/m0/s1. The Balaban J connectivity index is 1.44. The first-order chi connectivity index (χ1) is 13.5. The second kappa shape index (κ2) is 9.92. The van der Waals surface area contributed by atoms with Crippen LogP contribution in [0.4, 0.5) is 5.69 Å².